The summed E-state index contributed by atoms with van der Waals surface area (Å²) in [6.45, 7) is 7.41. The van der Waals surface area contributed by atoms with Gasteiger partial charge < -0.3 is 15.4 Å². The van der Waals surface area contributed by atoms with E-state index in [4.69, 9.17) is 4.74 Å². The van der Waals surface area contributed by atoms with Gasteiger partial charge in [0.15, 0.2) is 0 Å². The summed E-state index contributed by atoms with van der Waals surface area (Å²) in [4.78, 5) is 11.4. The molecule has 2 N–H and O–H groups in total. The molecule has 0 aromatic rings. The summed E-state index contributed by atoms with van der Waals surface area (Å²) in [6, 6.07) is 0.699. The number of hydrogen-bond donors (Lipinski definition) is 2. The molecular weight excluding hydrogens is 192 g/mol. The Balaban J connectivity index is 1.72. The lowest BCUT2D eigenvalue weighted by molar-refractivity contribution is 0.0484. The van der Waals surface area contributed by atoms with Gasteiger partial charge in [-0.1, -0.05) is 0 Å². The summed E-state index contributed by atoms with van der Waals surface area (Å²) in [7, 11) is 0. The van der Waals surface area contributed by atoms with Crippen LogP contribution in [0.5, 0.6) is 0 Å². The Labute approximate surface area is 90.8 Å². The summed E-state index contributed by atoms with van der Waals surface area (Å²) in [5.41, 5.74) is -0.0839. The topological polar surface area (TPSA) is 50.4 Å². The number of ether oxygens (including phenoxy) is 1. The van der Waals surface area contributed by atoms with Gasteiger partial charge in [0.25, 0.3) is 0 Å². The van der Waals surface area contributed by atoms with Crippen LogP contribution in [0.15, 0.2) is 0 Å². The van der Waals surface area contributed by atoms with Gasteiger partial charge >= 0.3 is 6.09 Å². The van der Waals surface area contributed by atoms with Gasteiger partial charge in [-0.15, -0.1) is 0 Å². The highest BCUT2D eigenvalue weighted by molar-refractivity contribution is 5.67. The van der Waals surface area contributed by atoms with Gasteiger partial charge in [0.05, 0.1) is 0 Å². The lowest BCUT2D eigenvalue weighted by atomic mass is 9.70. The van der Waals surface area contributed by atoms with Gasteiger partial charge in [-0.3, -0.25) is 0 Å². The fourth-order valence-electron chi connectivity index (χ4n) is 2.42. The smallest absolute Gasteiger partial charge is 0.407 e. The Hall–Kier alpha value is -0.770. The van der Waals surface area contributed by atoms with Crippen molar-refractivity contribution >= 4 is 6.09 Å². The summed E-state index contributed by atoms with van der Waals surface area (Å²) in [5.74, 6) is 0. The van der Waals surface area contributed by atoms with Gasteiger partial charge in [0, 0.05) is 24.5 Å². The first-order valence-corrected chi connectivity index (χ1v) is 5.59. The molecule has 1 aliphatic carbocycles. The number of hydrogen-bond acceptors (Lipinski definition) is 3. The van der Waals surface area contributed by atoms with Crippen molar-refractivity contribution in [2.45, 2.75) is 45.3 Å². The van der Waals surface area contributed by atoms with E-state index in [1.54, 1.807) is 0 Å². The zero-order chi connectivity index (χ0) is 11.1. The highest BCUT2D eigenvalue weighted by Gasteiger charge is 2.50. The monoisotopic (exact) mass is 212 g/mol. The molecule has 0 atom stereocenters. The molecule has 3 rings (SSSR count). The summed E-state index contributed by atoms with van der Waals surface area (Å²) in [6.07, 6.45) is 2.10. The number of alkyl carbamates (subject to hydrolysis) is 1. The minimum Gasteiger partial charge on any atom is -0.444 e. The van der Waals surface area contributed by atoms with E-state index in [1.807, 2.05) is 20.8 Å². The molecule has 0 aromatic carbocycles. The van der Waals surface area contributed by atoms with Crippen LogP contribution in [-0.4, -0.2) is 30.8 Å². The lowest BCUT2D eigenvalue weighted by Crippen LogP contribution is -2.45. The molecule has 1 amide bonds. The maximum Gasteiger partial charge on any atom is 0.407 e. The second kappa shape index (κ2) is 3.37. The molecule has 4 heteroatoms. The largest absolute Gasteiger partial charge is 0.444 e. The third-order valence-corrected chi connectivity index (χ3v) is 3.13. The zero-order valence-electron chi connectivity index (χ0n) is 9.72. The number of amides is 1. The van der Waals surface area contributed by atoms with Crippen molar-refractivity contribution in [2.24, 2.45) is 5.41 Å². The second-order valence-electron chi connectivity index (χ2n) is 5.84. The first kappa shape index (κ1) is 10.7. The molecule has 2 bridgehead atoms. The maximum absolute atomic E-state index is 11.4. The van der Waals surface area contributed by atoms with E-state index in [2.05, 4.69) is 10.6 Å². The molecule has 3 aliphatic rings. The number of rotatable bonds is 2. The summed E-state index contributed by atoms with van der Waals surface area (Å²) < 4.78 is 5.19. The van der Waals surface area contributed by atoms with Crippen molar-refractivity contribution in [3.8, 4) is 0 Å². The van der Waals surface area contributed by atoms with E-state index in [0.717, 1.165) is 13.1 Å². The predicted molar refractivity (Wildman–Crippen MR) is 57.7 cm³/mol. The molecule has 2 aliphatic heterocycles. The Kier molecular flexibility index (Phi) is 2.41. The normalized spacial score (nSPS) is 33.4. The van der Waals surface area contributed by atoms with Gasteiger partial charge in [0.1, 0.15) is 5.60 Å². The average Bonchev–Trinajstić information content (AvgIpc) is 2.54. The number of carbonyl (C=O) groups is 1. The standard InChI is InChI=1S/C11H20N2O2/c1-10(2,3)15-9(14)13-7-11-4-8(5-11)12-6-11/h8,12H,4-7H2,1-3H3,(H,13,14). The van der Waals surface area contributed by atoms with E-state index in [0.29, 0.717) is 11.5 Å². The molecule has 15 heavy (non-hydrogen) atoms. The van der Waals surface area contributed by atoms with Gasteiger partial charge in [-0.05, 0) is 33.6 Å². The fraction of sp³-hybridized carbons (Fsp3) is 0.909. The van der Waals surface area contributed by atoms with Crippen LogP contribution in [0.1, 0.15) is 33.6 Å². The van der Waals surface area contributed by atoms with Crippen molar-refractivity contribution in [1.29, 1.82) is 0 Å². The molecule has 3 fully saturated rings. The van der Waals surface area contributed by atoms with E-state index < -0.39 is 5.60 Å². The van der Waals surface area contributed by atoms with Crippen LogP contribution < -0.4 is 10.6 Å². The molecular formula is C11H20N2O2. The lowest BCUT2D eigenvalue weighted by Gasteiger charge is -2.37. The molecule has 86 valence electrons. The van der Waals surface area contributed by atoms with Crippen molar-refractivity contribution < 1.29 is 9.53 Å². The molecule has 2 heterocycles. The molecule has 4 nitrogen and oxygen atoms in total. The van der Waals surface area contributed by atoms with Crippen LogP contribution >= 0.6 is 0 Å². The van der Waals surface area contributed by atoms with Crippen molar-refractivity contribution in [3.63, 3.8) is 0 Å². The van der Waals surface area contributed by atoms with Crippen LogP contribution in [0.25, 0.3) is 0 Å². The van der Waals surface area contributed by atoms with Crippen LogP contribution in [0.4, 0.5) is 4.79 Å². The summed E-state index contributed by atoms with van der Waals surface area (Å²) >= 11 is 0. The van der Waals surface area contributed by atoms with Gasteiger partial charge in [0.2, 0.25) is 0 Å². The fourth-order valence-corrected chi connectivity index (χ4v) is 2.42. The van der Waals surface area contributed by atoms with E-state index in [9.17, 15) is 4.79 Å². The number of carbonyl (C=O) groups excluding carboxylic acids is 1. The number of nitrogens with one attached hydrogen (secondary N) is 2. The third kappa shape index (κ3) is 2.43. The van der Waals surface area contributed by atoms with Crippen LogP contribution in [-0.2, 0) is 4.74 Å². The molecule has 2 saturated heterocycles. The van der Waals surface area contributed by atoms with E-state index >= 15 is 0 Å². The minimum absolute atomic E-state index is 0.299. The Bertz CT molecular complexity index is 259. The second-order valence-corrected chi connectivity index (χ2v) is 5.84. The first-order chi connectivity index (χ1) is 6.89. The summed E-state index contributed by atoms with van der Waals surface area (Å²) in [5, 5.41) is 6.27. The Morgan fingerprint density at radius 3 is 2.67 bits per heavy atom. The van der Waals surface area contributed by atoms with Crippen LogP contribution in [0, 0.1) is 5.41 Å². The van der Waals surface area contributed by atoms with Gasteiger partial charge in [-0.25, -0.2) is 4.79 Å². The SMILES string of the molecule is CC(C)(C)OC(=O)NCC12CNC(C1)C2. The molecule has 0 radical (unpaired) electrons. The molecule has 1 saturated carbocycles. The first-order valence-electron chi connectivity index (χ1n) is 5.59. The predicted octanol–water partition coefficient (Wildman–Crippen LogP) is 1.26. The highest BCUT2D eigenvalue weighted by atomic mass is 16.6. The number of fused-ring (bicyclic) bond motifs is 1. The highest BCUT2D eigenvalue weighted by Crippen LogP contribution is 2.45. The van der Waals surface area contributed by atoms with Gasteiger partial charge in [-0.2, -0.15) is 0 Å². The maximum atomic E-state index is 11.4. The van der Waals surface area contributed by atoms with E-state index in [1.165, 1.54) is 12.8 Å². The average molecular weight is 212 g/mol. The third-order valence-electron chi connectivity index (χ3n) is 3.13. The minimum atomic E-state index is -0.405. The molecule has 0 spiro atoms. The Morgan fingerprint density at radius 2 is 2.20 bits per heavy atom. The van der Waals surface area contributed by atoms with Crippen molar-refractivity contribution in [1.82, 2.24) is 10.6 Å². The quantitative estimate of drug-likeness (QED) is 0.724. The zero-order valence-corrected chi connectivity index (χ0v) is 9.72. The van der Waals surface area contributed by atoms with E-state index in [-0.39, 0.29) is 6.09 Å². The van der Waals surface area contributed by atoms with Crippen molar-refractivity contribution in [2.75, 3.05) is 13.1 Å². The van der Waals surface area contributed by atoms with Crippen LogP contribution in [0.3, 0.4) is 0 Å². The molecule has 0 unspecified atom stereocenters. The van der Waals surface area contributed by atoms with Crippen LogP contribution in [0.2, 0.25) is 0 Å². The van der Waals surface area contributed by atoms with Crippen molar-refractivity contribution in [3.05, 3.63) is 0 Å². The Morgan fingerprint density at radius 1 is 1.53 bits per heavy atom. The molecule has 0 aromatic heterocycles.